The maximum atomic E-state index is 12.4. The molecule has 0 atom stereocenters. The molecule has 78 valence electrons. The third-order valence-electron chi connectivity index (χ3n) is 1.71. The van der Waals surface area contributed by atoms with E-state index in [0.717, 1.165) is 12.4 Å². The van der Waals surface area contributed by atoms with E-state index in [-0.39, 0.29) is 12.0 Å². The lowest BCUT2D eigenvalue weighted by molar-refractivity contribution is -0.387. The van der Waals surface area contributed by atoms with Crippen LogP contribution in [0.15, 0.2) is 12.4 Å². The molecule has 0 aliphatic rings. The van der Waals surface area contributed by atoms with Crippen molar-refractivity contribution in [3.63, 3.8) is 0 Å². The van der Waals surface area contributed by atoms with Crippen LogP contribution in [0.4, 0.5) is 14.5 Å². The van der Waals surface area contributed by atoms with E-state index < -0.39 is 22.6 Å². The Kier molecular flexibility index (Phi) is 3.23. The number of nitrogens with zero attached hydrogens (tertiary/aromatic N) is 3. The van der Waals surface area contributed by atoms with Gasteiger partial charge >= 0.3 is 0 Å². The summed E-state index contributed by atoms with van der Waals surface area (Å²) in [5.74, 6) is 0. The molecule has 5 nitrogen and oxygen atoms in total. The zero-order valence-electron chi connectivity index (χ0n) is 7.35. The van der Waals surface area contributed by atoms with E-state index in [1.165, 1.54) is 0 Å². The summed E-state index contributed by atoms with van der Waals surface area (Å²) in [5.41, 5.74) is -1.57. The number of rotatable bonds is 3. The number of nitro groups is 1. The Labute approximate surface area is 83.1 Å². The van der Waals surface area contributed by atoms with Crippen molar-refractivity contribution in [1.29, 1.82) is 5.26 Å². The summed E-state index contributed by atoms with van der Waals surface area (Å²) in [6.07, 6.45) is -1.50. The van der Waals surface area contributed by atoms with Crippen LogP contribution in [-0.4, -0.2) is 9.91 Å². The molecule has 0 spiro atoms. The van der Waals surface area contributed by atoms with E-state index in [1.54, 1.807) is 6.07 Å². The third kappa shape index (κ3) is 2.22. The van der Waals surface area contributed by atoms with Crippen LogP contribution in [0.1, 0.15) is 17.6 Å². The summed E-state index contributed by atoms with van der Waals surface area (Å²) in [6.45, 7) is 0. The van der Waals surface area contributed by atoms with Gasteiger partial charge in [0.25, 0.3) is 12.1 Å². The van der Waals surface area contributed by atoms with Crippen molar-refractivity contribution in [2.45, 2.75) is 12.8 Å². The molecule has 0 unspecified atom stereocenters. The van der Waals surface area contributed by atoms with Crippen LogP contribution in [0.2, 0.25) is 0 Å². The normalized spacial score (nSPS) is 10.0. The first-order valence-electron chi connectivity index (χ1n) is 3.84. The lowest BCUT2D eigenvalue weighted by Gasteiger charge is -2.03. The van der Waals surface area contributed by atoms with Gasteiger partial charge in [0.15, 0.2) is 0 Å². The average Bonchev–Trinajstić information content (AvgIpc) is 2.17. The van der Waals surface area contributed by atoms with Gasteiger partial charge in [-0.05, 0) is 0 Å². The van der Waals surface area contributed by atoms with Crippen LogP contribution in [-0.2, 0) is 6.42 Å². The first-order chi connectivity index (χ1) is 7.07. The molecule has 0 saturated carbocycles. The number of alkyl halides is 2. The van der Waals surface area contributed by atoms with Crippen molar-refractivity contribution in [2.24, 2.45) is 0 Å². The van der Waals surface area contributed by atoms with Crippen LogP contribution < -0.4 is 0 Å². The highest BCUT2D eigenvalue weighted by atomic mass is 19.3. The van der Waals surface area contributed by atoms with Gasteiger partial charge in [0.05, 0.1) is 23.0 Å². The van der Waals surface area contributed by atoms with E-state index in [1.807, 2.05) is 0 Å². The fourth-order valence-corrected chi connectivity index (χ4v) is 1.11. The van der Waals surface area contributed by atoms with Gasteiger partial charge in [-0.3, -0.25) is 15.1 Å². The molecule has 0 aliphatic heterocycles. The molecular formula is C8H5F2N3O2. The molecule has 0 bridgehead atoms. The molecule has 1 heterocycles. The number of aromatic nitrogens is 1. The lowest BCUT2D eigenvalue weighted by atomic mass is 10.1. The molecule has 0 amide bonds. The minimum atomic E-state index is -2.98. The summed E-state index contributed by atoms with van der Waals surface area (Å²) in [5, 5.41) is 18.9. The monoisotopic (exact) mass is 213 g/mol. The van der Waals surface area contributed by atoms with E-state index in [4.69, 9.17) is 5.26 Å². The molecule has 0 saturated heterocycles. The first-order valence-corrected chi connectivity index (χ1v) is 3.84. The minimum absolute atomic E-state index is 0.0969. The van der Waals surface area contributed by atoms with Crippen molar-refractivity contribution in [1.82, 2.24) is 4.98 Å². The van der Waals surface area contributed by atoms with Gasteiger partial charge in [-0.25, -0.2) is 8.78 Å². The van der Waals surface area contributed by atoms with Crippen LogP contribution in [0.3, 0.4) is 0 Å². The van der Waals surface area contributed by atoms with Crippen molar-refractivity contribution < 1.29 is 13.7 Å². The largest absolute Gasteiger partial charge is 0.285 e. The Morgan fingerprint density at radius 3 is 2.73 bits per heavy atom. The summed E-state index contributed by atoms with van der Waals surface area (Å²) >= 11 is 0. The second kappa shape index (κ2) is 4.41. The highest BCUT2D eigenvalue weighted by Gasteiger charge is 2.25. The van der Waals surface area contributed by atoms with Gasteiger partial charge in [-0.15, -0.1) is 0 Å². The summed E-state index contributed by atoms with van der Waals surface area (Å²) in [6, 6.07) is 1.66. The zero-order valence-corrected chi connectivity index (χ0v) is 7.35. The highest BCUT2D eigenvalue weighted by molar-refractivity contribution is 5.47. The summed E-state index contributed by atoms with van der Waals surface area (Å²) in [7, 11) is 0. The third-order valence-corrected chi connectivity index (χ3v) is 1.71. The highest BCUT2D eigenvalue weighted by Crippen LogP contribution is 2.30. The van der Waals surface area contributed by atoms with Gasteiger partial charge in [0.1, 0.15) is 5.56 Å². The average molecular weight is 213 g/mol. The molecule has 15 heavy (non-hydrogen) atoms. The number of hydrogen-bond acceptors (Lipinski definition) is 4. The van der Waals surface area contributed by atoms with E-state index in [2.05, 4.69) is 4.98 Å². The number of pyridine rings is 1. The SMILES string of the molecule is N#CCc1cncc(C(F)F)c1[N+](=O)[O-]. The van der Waals surface area contributed by atoms with Crippen molar-refractivity contribution in [2.75, 3.05) is 0 Å². The van der Waals surface area contributed by atoms with Crippen LogP contribution in [0.25, 0.3) is 0 Å². The predicted molar refractivity (Wildman–Crippen MR) is 45.2 cm³/mol. The molecule has 0 N–H and O–H groups in total. The fourth-order valence-electron chi connectivity index (χ4n) is 1.11. The Morgan fingerprint density at radius 2 is 2.27 bits per heavy atom. The van der Waals surface area contributed by atoms with Crippen molar-refractivity contribution >= 4 is 5.69 Å². The van der Waals surface area contributed by atoms with Crippen molar-refractivity contribution in [3.8, 4) is 6.07 Å². The van der Waals surface area contributed by atoms with E-state index in [9.17, 15) is 18.9 Å². The first kappa shape index (κ1) is 11.0. The molecular weight excluding hydrogens is 208 g/mol. The second-order valence-electron chi connectivity index (χ2n) is 2.63. The van der Waals surface area contributed by atoms with Crippen LogP contribution >= 0.6 is 0 Å². The fraction of sp³-hybridized carbons (Fsp3) is 0.250. The summed E-state index contributed by atoms with van der Waals surface area (Å²) < 4.78 is 24.8. The Bertz CT molecular complexity index is 428. The van der Waals surface area contributed by atoms with Gasteiger partial charge in [-0.1, -0.05) is 0 Å². The lowest BCUT2D eigenvalue weighted by Crippen LogP contribution is -2.01. The predicted octanol–water partition coefficient (Wildman–Crippen LogP) is 1.99. The Morgan fingerprint density at radius 1 is 1.60 bits per heavy atom. The maximum Gasteiger partial charge on any atom is 0.285 e. The summed E-state index contributed by atoms with van der Waals surface area (Å²) in [4.78, 5) is 13.1. The molecule has 1 rings (SSSR count). The standard InChI is InChI=1S/C8H5F2N3O2/c9-8(10)6-4-12-3-5(1-2-11)7(6)13(14)15/h3-4,8H,1H2. The van der Waals surface area contributed by atoms with Crippen molar-refractivity contribution in [3.05, 3.63) is 33.6 Å². The smallest absolute Gasteiger partial charge is 0.263 e. The molecule has 7 heteroatoms. The molecule has 0 aliphatic carbocycles. The molecule has 1 aromatic rings. The van der Waals surface area contributed by atoms with Crippen LogP contribution in [0.5, 0.6) is 0 Å². The van der Waals surface area contributed by atoms with Gasteiger partial charge < -0.3 is 0 Å². The number of halogens is 2. The number of nitriles is 1. The van der Waals surface area contributed by atoms with Crippen LogP contribution in [0, 0.1) is 21.4 Å². The number of hydrogen-bond donors (Lipinski definition) is 0. The second-order valence-corrected chi connectivity index (χ2v) is 2.63. The Balaban J connectivity index is 3.36. The molecule has 0 aromatic carbocycles. The Hall–Kier alpha value is -2.10. The topological polar surface area (TPSA) is 79.8 Å². The maximum absolute atomic E-state index is 12.4. The molecule has 0 fully saturated rings. The van der Waals surface area contributed by atoms with E-state index >= 15 is 0 Å². The van der Waals surface area contributed by atoms with Gasteiger partial charge in [-0.2, -0.15) is 5.26 Å². The minimum Gasteiger partial charge on any atom is -0.263 e. The van der Waals surface area contributed by atoms with Gasteiger partial charge in [0.2, 0.25) is 0 Å². The quantitative estimate of drug-likeness (QED) is 0.568. The molecule has 1 aromatic heterocycles. The van der Waals surface area contributed by atoms with E-state index in [0.29, 0.717) is 0 Å². The zero-order chi connectivity index (χ0) is 11.4. The molecule has 0 radical (unpaired) electrons. The van der Waals surface area contributed by atoms with Gasteiger partial charge in [0, 0.05) is 12.4 Å².